The first-order valence-corrected chi connectivity index (χ1v) is 4.98. The summed E-state index contributed by atoms with van der Waals surface area (Å²) in [4.78, 5) is 10.4. The van der Waals surface area contributed by atoms with Crippen molar-refractivity contribution in [2.75, 3.05) is 0 Å². The lowest BCUT2D eigenvalue weighted by atomic mass is 9.75. The van der Waals surface area contributed by atoms with E-state index in [9.17, 15) is 9.90 Å². The highest BCUT2D eigenvalue weighted by molar-refractivity contribution is 5.66. The molecule has 0 radical (unpaired) electrons. The van der Waals surface area contributed by atoms with Gasteiger partial charge in [0.2, 0.25) is 0 Å². The van der Waals surface area contributed by atoms with Gasteiger partial charge in [-0.1, -0.05) is 26.0 Å². The van der Waals surface area contributed by atoms with Crippen molar-refractivity contribution < 1.29 is 15.0 Å². The van der Waals surface area contributed by atoms with Crippen LogP contribution in [0.2, 0.25) is 0 Å². The molecule has 0 aromatic rings. The van der Waals surface area contributed by atoms with Gasteiger partial charge in [0.05, 0.1) is 5.60 Å². The molecule has 2 N–H and O–H groups in total. The average Bonchev–Trinajstić information content (AvgIpc) is 2.08. The minimum atomic E-state index is -0.895. The number of aliphatic hydroxyl groups is 1. The van der Waals surface area contributed by atoms with Crippen LogP contribution in [0, 0.1) is 5.41 Å². The molecule has 0 aliphatic heterocycles. The molecular formula is C11H18O3. The topological polar surface area (TPSA) is 57.5 Å². The van der Waals surface area contributed by atoms with Gasteiger partial charge in [0.1, 0.15) is 0 Å². The summed E-state index contributed by atoms with van der Waals surface area (Å²) in [6.07, 6.45) is 5.65. The lowest BCUT2D eigenvalue weighted by molar-refractivity contribution is -0.138. The molecule has 1 aliphatic carbocycles. The normalized spacial score (nSPS) is 30.2. The SMILES string of the molecule is CC1(C)C=CC(O)(CCC(=O)O)CC1. The molecule has 0 aromatic carbocycles. The van der Waals surface area contributed by atoms with Crippen LogP contribution >= 0.6 is 0 Å². The van der Waals surface area contributed by atoms with E-state index < -0.39 is 11.6 Å². The van der Waals surface area contributed by atoms with Crippen LogP contribution in [-0.2, 0) is 4.79 Å². The summed E-state index contributed by atoms with van der Waals surface area (Å²) in [7, 11) is 0. The van der Waals surface area contributed by atoms with Gasteiger partial charge in [0, 0.05) is 6.42 Å². The third-order valence-corrected chi connectivity index (χ3v) is 2.82. The van der Waals surface area contributed by atoms with Crippen LogP contribution in [0.4, 0.5) is 0 Å². The van der Waals surface area contributed by atoms with Crippen molar-refractivity contribution in [3.05, 3.63) is 12.2 Å². The maximum atomic E-state index is 10.4. The molecule has 1 aliphatic rings. The van der Waals surface area contributed by atoms with Crippen molar-refractivity contribution in [1.29, 1.82) is 0 Å². The fraction of sp³-hybridized carbons (Fsp3) is 0.727. The number of carboxylic acid groups (broad SMARTS) is 1. The Hall–Kier alpha value is -0.830. The zero-order chi connectivity index (χ0) is 10.8. The third kappa shape index (κ3) is 3.14. The molecule has 0 saturated carbocycles. The Bertz CT molecular complexity index is 255. The third-order valence-electron chi connectivity index (χ3n) is 2.82. The summed E-state index contributed by atoms with van der Waals surface area (Å²) >= 11 is 0. The monoisotopic (exact) mass is 198 g/mol. The van der Waals surface area contributed by atoms with Crippen LogP contribution < -0.4 is 0 Å². The molecule has 0 amide bonds. The largest absolute Gasteiger partial charge is 0.481 e. The molecular weight excluding hydrogens is 180 g/mol. The minimum absolute atomic E-state index is 0.0290. The van der Waals surface area contributed by atoms with Crippen molar-refractivity contribution in [1.82, 2.24) is 0 Å². The molecule has 0 saturated heterocycles. The Labute approximate surface area is 84.4 Å². The second-order valence-electron chi connectivity index (χ2n) is 4.82. The molecule has 0 bridgehead atoms. The van der Waals surface area contributed by atoms with E-state index in [2.05, 4.69) is 13.8 Å². The quantitative estimate of drug-likeness (QED) is 0.681. The zero-order valence-corrected chi connectivity index (χ0v) is 8.79. The Morgan fingerprint density at radius 1 is 1.36 bits per heavy atom. The van der Waals surface area contributed by atoms with Crippen LogP contribution in [0.15, 0.2) is 12.2 Å². The standard InChI is InChI=1S/C11H18O3/c1-10(2)5-7-11(14,8-6-10)4-3-9(12)13/h5,7,14H,3-4,6,8H2,1-2H3,(H,12,13). The van der Waals surface area contributed by atoms with Crippen LogP contribution in [0.1, 0.15) is 39.5 Å². The second-order valence-corrected chi connectivity index (χ2v) is 4.82. The predicted molar refractivity (Wildman–Crippen MR) is 54.0 cm³/mol. The summed E-state index contributed by atoms with van der Waals surface area (Å²) < 4.78 is 0. The van der Waals surface area contributed by atoms with E-state index in [0.29, 0.717) is 12.8 Å². The molecule has 0 heterocycles. The maximum absolute atomic E-state index is 10.4. The van der Waals surface area contributed by atoms with Gasteiger partial charge in [-0.15, -0.1) is 0 Å². The molecule has 80 valence electrons. The van der Waals surface area contributed by atoms with Gasteiger partial charge in [0.15, 0.2) is 0 Å². The number of carbonyl (C=O) groups is 1. The van der Waals surface area contributed by atoms with Crippen LogP contribution in [-0.4, -0.2) is 21.8 Å². The maximum Gasteiger partial charge on any atom is 0.303 e. The molecule has 0 fully saturated rings. The summed E-state index contributed by atoms with van der Waals surface area (Å²) in [5.74, 6) is -0.850. The van der Waals surface area contributed by atoms with Gasteiger partial charge < -0.3 is 10.2 Å². The number of aliphatic carboxylic acids is 1. The van der Waals surface area contributed by atoms with Crippen molar-refractivity contribution in [2.45, 2.75) is 45.1 Å². The lowest BCUT2D eigenvalue weighted by Gasteiger charge is -2.34. The average molecular weight is 198 g/mol. The molecule has 1 unspecified atom stereocenters. The molecule has 1 rings (SSSR count). The highest BCUT2D eigenvalue weighted by Crippen LogP contribution is 2.36. The molecule has 1 atom stereocenters. The van der Waals surface area contributed by atoms with E-state index >= 15 is 0 Å². The lowest BCUT2D eigenvalue weighted by Crippen LogP contribution is -2.32. The van der Waals surface area contributed by atoms with Gasteiger partial charge in [-0.3, -0.25) is 4.79 Å². The predicted octanol–water partition coefficient (Wildman–Crippen LogP) is 1.96. The fourth-order valence-corrected chi connectivity index (χ4v) is 1.62. The van der Waals surface area contributed by atoms with E-state index in [-0.39, 0.29) is 11.8 Å². The van der Waals surface area contributed by atoms with E-state index in [1.54, 1.807) is 6.08 Å². The molecule has 0 spiro atoms. The molecule has 0 aromatic heterocycles. The van der Waals surface area contributed by atoms with Crippen molar-refractivity contribution in [3.63, 3.8) is 0 Å². The number of allylic oxidation sites excluding steroid dienone is 1. The van der Waals surface area contributed by atoms with Crippen molar-refractivity contribution in [3.8, 4) is 0 Å². The van der Waals surface area contributed by atoms with Crippen molar-refractivity contribution >= 4 is 5.97 Å². The number of hydrogen-bond acceptors (Lipinski definition) is 2. The summed E-state index contributed by atoms with van der Waals surface area (Å²) in [6, 6.07) is 0. The highest BCUT2D eigenvalue weighted by atomic mass is 16.4. The smallest absolute Gasteiger partial charge is 0.303 e. The first-order chi connectivity index (χ1) is 6.33. The highest BCUT2D eigenvalue weighted by Gasteiger charge is 2.31. The number of rotatable bonds is 3. The van der Waals surface area contributed by atoms with E-state index in [1.165, 1.54) is 0 Å². The van der Waals surface area contributed by atoms with E-state index in [4.69, 9.17) is 5.11 Å². The van der Waals surface area contributed by atoms with E-state index in [0.717, 1.165) is 6.42 Å². The summed E-state index contributed by atoms with van der Waals surface area (Å²) in [5.41, 5.74) is -0.761. The van der Waals surface area contributed by atoms with Gasteiger partial charge >= 0.3 is 5.97 Å². The van der Waals surface area contributed by atoms with Gasteiger partial charge in [0.25, 0.3) is 0 Å². The minimum Gasteiger partial charge on any atom is -0.481 e. The first-order valence-electron chi connectivity index (χ1n) is 4.98. The summed E-state index contributed by atoms with van der Waals surface area (Å²) in [5, 5.41) is 18.5. The summed E-state index contributed by atoms with van der Waals surface area (Å²) in [6.45, 7) is 4.22. The van der Waals surface area contributed by atoms with Crippen LogP contribution in [0.5, 0.6) is 0 Å². The Morgan fingerprint density at radius 3 is 2.43 bits per heavy atom. The molecule has 3 heteroatoms. The number of carboxylic acids is 1. The molecule has 14 heavy (non-hydrogen) atoms. The van der Waals surface area contributed by atoms with E-state index in [1.807, 2.05) is 6.08 Å². The number of hydrogen-bond donors (Lipinski definition) is 2. The van der Waals surface area contributed by atoms with Crippen LogP contribution in [0.3, 0.4) is 0 Å². The molecule has 3 nitrogen and oxygen atoms in total. The first kappa shape index (κ1) is 11.2. The Morgan fingerprint density at radius 2 is 2.00 bits per heavy atom. The van der Waals surface area contributed by atoms with Crippen LogP contribution in [0.25, 0.3) is 0 Å². The van der Waals surface area contributed by atoms with Crippen molar-refractivity contribution in [2.24, 2.45) is 5.41 Å². The van der Waals surface area contributed by atoms with Gasteiger partial charge in [-0.2, -0.15) is 0 Å². The van der Waals surface area contributed by atoms with Gasteiger partial charge in [-0.25, -0.2) is 0 Å². The fourth-order valence-electron chi connectivity index (χ4n) is 1.62. The second kappa shape index (κ2) is 3.73. The van der Waals surface area contributed by atoms with Gasteiger partial charge in [-0.05, 0) is 24.7 Å². The zero-order valence-electron chi connectivity index (χ0n) is 8.79. The Kier molecular flexibility index (Phi) is 3.00. The Balaban J connectivity index is 2.56.